The summed E-state index contributed by atoms with van der Waals surface area (Å²) >= 11 is 0. The van der Waals surface area contributed by atoms with Crippen molar-refractivity contribution in [3.8, 4) is 0 Å². The number of nitrogens with one attached hydrogen (secondary N) is 1. The van der Waals surface area contributed by atoms with E-state index in [1.54, 1.807) is 0 Å². The van der Waals surface area contributed by atoms with Crippen LogP contribution in [-0.2, 0) is 0 Å². The van der Waals surface area contributed by atoms with E-state index >= 15 is 0 Å². The molecule has 3 heteroatoms. The van der Waals surface area contributed by atoms with Crippen LogP contribution in [0.2, 0.25) is 0 Å². The Hall–Kier alpha value is -1.09. The van der Waals surface area contributed by atoms with Gasteiger partial charge in [0.2, 0.25) is 0 Å². The van der Waals surface area contributed by atoms with Crippen molar-refractivity contribution in [3.63, 3.8) is 0 Å². The fourth-order valence-corrected chi connectivity index (χ4v) is 2.69. The molecule has 1 aliphatic carbocycles. The van der Waals surface area contributed by atoms with Crippen LogP contribution in [0.3, 0.4) is 0 Å². The van der Waals surface area contributed by atoms with E-state index in [-0.39, 0.29) is 0 Å². The van der Waals surface area contributed by atoms with Gasteiger partial charge in [0.1, 0.15) is 5.82 Å². The Morgan fingerprint density at radius 2 is 2.12 bits per heavy atom. The maximum Gasteiger partial charge on any atom is 0.128 e. The van der Waals surface area contributed by atoms with E-state index in [1.807, 2.05) is 12.3 Å². The molecule has 0 spiro atoms. The molecule has 1 aromatic rings. The Morgan fingerprint density at radius 3 is 2.82 bits per heavy atom. The molecule has 1 heterocycles. The number of aromatic nitrogens is 1. The molecule has 1 fully saturated rings. The minimum atomic E-state index is 0.327. The summed E-state index contributed by atoms with van der Waals surface area (Å²) < 4.78 is 0. The van der Waals surface area contributed by atoms with Crippen LogP contribution < -0.4 is 5.32 Å². The van der Waals surface area contributed by atoms with Gasteiger partial charge in [-0.15, -0.1) is 0 Å². The molecule has 2 atom stereocenters. The van der Waals surface area contributed by atoms with Gasteiger partial charge in [-0.3, -0.25) is 0 Å². The minimum Gasteiger partial charge on any atom is -0.396 e. The SMILES string of the molecule is Cc1cccnc1NCC1CCCCC1CO. The third kappa shape index (κ3) is 3.19. The molecule has 1 aromatic heterocycles. The molecular weight excluding hydrogens is 212 g/mol. The van der Waals surface area contributed by atoms with Crippen molar-refractivity contribution in [2.24, 2.45) is 11.8 Å². The fraction of sp³-hybridized carbons (Fsp3) is 0.643. The van der Waals surface area contributed by atoms with Gasteiger partial charge in [-0.1, -0.05) is 18.9 Å². The molecule has 1 saturated carbocycles. The summed E-state index contributed by atoms with van der Waals surface area (Å²) in [7, 11) is 0. The van der Waals surface area contributed by atoms with Crippen LogP contribution in [0.5, 0.6) is 0 Å². The van der Waals surface area contributed by atoms with Gasteiger partial charge in [0.15, 0.2) is 0 Å². The quantitative estimate of drug-likeness (QED) is 0.841. The van der Waals surface area contributed by atoms with E-state index in [4.69, 9.17) is 0 Å². The molecule has 94 valence electrons. The molecule has 0 aliphatic heterocycles. The summed E-state index contributed by atoms with van der Waals surface area (Å²) in [4.78, 5) is 4.34. The zero-order chi connectivity index (χ0) is 12.1. The average molecular weight is 234 g/mol. The predicted molar refractivity (Wildman–Crippen MR) is 70.0 cm³/mol. The van der Waals surface area contributed by atoms with E-state index in [2.05, 4.69) is 23.3 Å². The van der Waals surface area contributed by atoms with Crippen LogP contribution >= 0.6 is 0 Å². The molecule has 2 N–H and O–H groups in total. The number of anilines is 1. The van der Waals surface area contributed by atoms with E-state index in [0.717, 1.165) is 12.4 Å². The van der Waals surface area contributed by atoms with Gasteiger partial charge in [0.05, 0.1) is 0 Å². The summed E-state index contributed by atoms with van der Waals surface area (Å²) in [5, 5.41) is 12.8. The highest BCUT2D eigenvalue weighted by molar-refractivity contribution is 5.42. The third-order valence-corrected chi connectivity index (χ3v) is 3.84. The van der Waals surface area contributed by atoms with Crippen molar-refractivity contribution in [3.05, 3.63) is 23.9 Å². The first-order valence-corrected chi connectivity index (χ1v) is 6.57. The second-order valence-corrected chi connectivity index (χ2v) is 5.04. The summed E-state index contributed by atoms with van der Waals surface area (Å²) in [6.45, 7) is 3.33. The normalized spacial score (nSPS) is 24.6. The highest BCUT2D eigenvalue weighted by atomic mass is 16.3. The second kappa shape index (κ2) is 6.01. The fourth-order valence-electron chi connectivity index (χ4n) is 2.69. The highest BCUT2D eigenvalue weighted by Crippen LogP contribution is 2.29. The number of hydrogen-bond acceptors (Lipinski definition) is 3. The third-order valence-electron chi connectivity index (χ3n) is 3.84. The first-order valence-electron chi connectivity index (χ1n) is 6.57. The zero-order valence-corrected chi connectivity index (χ0v) is 10.5. The lowest BCUT2D eigenvalue weighted by Crippen LogP contribution is -2.28. The second-order valence-electron chi connectivity index (χ2n) is 5.04. The number of aliphatic hydroxyl groups is 1. The molecule has 0 aromatic carbocycles. The standard InChI is InChI=1S/C14H22N2O/c1-11-5-4-8-15-14(11)16-9-12-6-2-3-7-13(12)10-17/h4-5,8,12-13,17H,2-3,6-7,9-10H2,1H3,(H,15,16). The van der Waals surface area contributed by atoms with E-state index < -0.39 is 0 Å². The van der Waals surface area contributed by atoms with E-state index in [0.29, 0.717) is 18.4 Å². The topological polar surface area (TPSA) is 45.2 Å². The summed E-state index contributed by atoms with van der Waals surface area (Å²) in [6.07, 6.45) is 6.78. The molecular formula is C14H22N2O. The van der Waals surface area contributed by atoms with Gasteiger partial charge in [-0.05, 0) is 43.2 Å². The molecule has 0 amide bonds. The molecule has 2 rings (SSSR count). The average Bonchev–Trinajstić information content (AvgIpc) is 2.38. The number of hydrogen-bond donors (Lipinski definition) is 2. The minimum absolute atomic E-state index is 0.327. The first kappa shape index (κ1) is 12.4. The predicted octanol–water partition coefficient (Wildman–Crippen LogP) is 2.60. The Balaban J connectivity index is 1.90. The lowest BCUT2D eigenvalue weighted by molar-refractivity contribution is 0.141. The smallest absolute Gasteiger partial charge is 0.128 e. The number of aryl methyl sites for hydroxylation is 1. The maximum absolute atomic E-state index is 9.37. The van der Waals surface area contributed by atoms with Crippen LogP contribution in [-0.4, -0.2) is 23.2 Å². The Bertz CT molecular complexity index is 354. The zero-order valence-electron chi connectivity index (χ0n) is 10.5. The Labute approximate surface area is 103 Å². The first-order chi connectivity index (χ1) is 8.31. The van der Waals surface area contributed by atoms with E-state index in [1.165, 1.54) is 31.2 Å². The molecule has 2 unspecified atom stereocenters. The molecule has 0 radical (unpaired) electrons. The van der Waals surface area contributed by atoms with Crippen LogP contribution in [0.1, 0.15) is 31.2 Å². The van der Waals surface area contributed by atoms with Crippen LogP contribution in [0.25, 0.3) is 0 Å². The molecule has 1 aliphatic rings. The van der Waals surface area contributed by atoms with Gasteiger partial charge in [0.25, 0.3) is 0 Å². The van der Waals surface area contributed by atoms with Crippen LogP contribution in [0.4, 0.5) is 5.82 Å². The van der Waals surface area contributed by atoms with Gasteiger partial charge < -0.3 is 10.4 Å². The highest BCUT2D eigenvalue weighted by Gasteiger charge is 2.24. The summed E-state index contributed by atoms with van der Waals surface area (Å²) in [5.74, 6) is 2.05. The van der Waals surface area contributed by atoms with Crippen molar-refractivity contribution in [2.75, 3.05) is 18.5 Å². The van der Waals surface area contributed by atoms with Gasteiger partial charge in [-0.2, -0.15) is 0 Å². The van der Waals surface area contributed by atoms with Crippen molar-refractivity contribution in [1.29, 1.82) is 0 Å². The summed E-state index contributed by atoms with van der Waals surface area (Å²) in [5.41, 5.74) is 1.18. The molecule has 0 bridgehead atoms. The van der Waals surface area contributed by atoms with Gasteiger partial charge in [-0.25, -0.2) is 4.98 Å². The van der Waals surface area contributed by atoms with Crippen molar-refractivity contribution in [1.82, 2.24) is 4.98 Å². The molecule has 3 nitrogen and oxygen atoms in total. The van der Waals surface area contributed by atoms with E-state index in [9.17, 15) is 5.11 Å². The Kier molecular flexibility index (Phi) is 4.37. The van der Waals surface area contributed by atoms with Gasteiger partial charge in [0, 0.05) is 19.3 Å². The largest absolute Gasteiger partial charge is 0.396 e. The molecule has 17 heavy (non-hydrogen) atoms. The maximum atomic E-state index is 9.37. The number of rotatable bonds is 4. The molecule has 0 saturated heterocycles. The van der Waals surface area contributed by atoms with Crippen LogP contribution in [0, 0.1) is 18.8 Å². The summed E-state index contributed by atoms with van der Waals surface area (Å²) in [6, 6.07) is 4.03. The lowest BCUT2D eigenvalue weighted by atomic mass is 9.79. The lowest BCUT2D eigenvalue weighted by Gasteiger charge is -2.30. The number of pyridine rings is 1. The van der Waals surface area contributed by atoms with Crippen molar-refractivity contribution >= 4 is 5.82 Å². The van der Waals surface area contributed by atoms with Crippen LogP contribution in [0.15, 0.2) is 18.3 Å². The Morgan fingerprint density at radius 1 is 1.35 bits per heavy atom. The van der Waals surface area contributed by atoms with Crippen molar-refractivity contribution < 1.29 is 5.11 Å². The number of aliphatic hydroxyl groups excluding tert-OH is 1. The monoisotopic (exact) mass is 234 g/mol. The van der Waals surface area contributed by atoms with Crippen molar-refractivity contribution in [2.45, 2.75) is 32.6 Å². The number of nitrogens with zero attached hydrogens (tertiary/aromatic N) is 1. The van der Waals surface area contributed by atoms with Gasteiger partial charge >= 0.3 is 0 Å².